The summed E-state index contributed by atoms with van der Waals surface area (Å²) in [5.41, 5.74) is 5.47. The molecule has 1 heterocycles. The second-order valence-corrected chi connectivity index (χ2v) is 5.61. The molecule has 1 aromatic rings. The van der Waals surface area contributed by atoms with Gasteiger partial charge in [0.2, 0.25) is 0 Å². The zero-order valence-corrected chi connectivity index (χ0v) is 9.25. The maximum absolute atomic E-state index is 4.66. The second-order valence-electron chi connectivity index (χ2n) is 5.61. The Labute approximate surface area is 90.2 Å². The van der Waals surface area contributed by atoms with E-state index in [1.165, 1.54) is 12.1 Å². The van der Waals surface area contributed by atoms with Gasteiger partial charge in [0.05, 0.1) is 0 Å². The molecule has 15 heavy (non-hydrogen) atoms. The summed E-state index contributed by atoms with van der Waals surface area (Å²) in [7, 11) is 0. The van der Waals surface area contributed by atoms with Crippen LogP contribution in [-0.4, -0.2) is 12.3 Å². The van der Waals surface area contributed by atoms with Crippen LogP contribution in [0.15, 0.2) is 29.3 Å². The molecular formula is C14H15N. The van der Waals surface area contributed by atoms with Gasteiger partial charge in [0.25, 0.3) is 0 Å². The molecule has 0 amide bonds. The fourth-order valence-electron chi connectivity index (χ4n) is 4.50. The van der Waals surface area contributed by atoms with Crippen molar-refractivity contribution in [3.8, 4) is 0 Å². The Bertz CT molecular complexity index is 502. The zero-order chi connectivity index (χ0) is 10.3. The SMILES string of the molecule is CC1=NC[C@]23c4ccccc4C[C@]2(C)C13. The van der Waals surface area contributed by atoms with Crippen LogP contribution in [0.5, 0.6) is 0 Å². The molecule has 1 fully saturated rings. The first-order chi connectivity index (χ1) is 7.20. The molecule has 1 aromatic carbocycles. The summed E-state index contributed by atoms with van der Waals surface area (Å²) in [5, 5.41) is 0. The third-order valence-electron chi connectivity index (χ3n) is 5.12. The van der Waals surface area contributed by atoms with Crippen molar-refractivity contribution >= 4 is 5.71 Å². The monoisotopic (exact) mass is 197 g/mol. The van der Waals surface area contributed by atoms with Gasteiger partial charge in [-0.15, -0.1) is 0 Å². The van der Waals surface area contributed by atoms with Crippen LogP contribution in [0, 0.1) is 11.3 Å². The van der Waals surface area contributed by atoms with Crippen LogP contribution in [0.1, 0.15) is 25.0 Å². The van der Waals surface area contributed by atoms with E-state index in [2.05, 4.69) is 43.1 Å². The molecule has 1 spiro atoms. The summed E-state index contributed by atoms with van der Waals surface area (Å²) in [6, 6.07) is 8.98. The van der Waals surface area contributed by atoms with Crippen molar-refractivity contribution in [2.24, 2.45) is 16.3 Å². The van der Waals surface area contributed by atoms with Crippen molar-refractivity contribution in [2.45, 2.75) is 25.7 Å². The standard InChI is InChI=1S/C14H15N/c1-9-12-13(2)7-10-5-3-4-6-11(10)14(12,13)8-15-9/h3-6,12H,7-8H2,1-2H3/t12?,13-,14-/m1/s1. The molecule has 1 nitrogen and oxygen atoms in total. The molecule has 0 N–H and O–H groups in total. The molecule has 0 aromatic heterocycles. The van der Waals surface area contributed by atoms with Crippen molar-refractivity contribution < 1.29 is 0 Å². The molecule has 0 radical (unpaired) electrons. The van der Waals surface area contributed by atoms with Gasteiger partial charge in [0.1, 0.15) is 0 Å². The van der Waals surface area contributed by atoms with Crippen LogP contribution in [0.3, 0.4) is 0 Å². The number of hydrogen-bond acceptors (Lipinski definition) is 1. The molecule has 3 atom stereocenters. The van der Waals surface area contributed by atoms with Gasteiger partial charge in [-0.1, -0.05) is 31.2 Å². The minimum Gasteiger partial charge on any atom is -0.293 e. The molecule has 76 valence electrons. The normalized spacial score (nSPS) is 44.4. The lowest BCUT2D eigenvalue weighted by molar-refractivity contribution is 0.487. The first-order valence-corrected chi connectivity index (χ1v) is 5.79. The van der Waals surface area contributed by atoms with Gasteiger partial charge in [-0.2, -0.15) is 0 Å². The summed E-state index contributed by atoms with van der Waals surface area (Å²) in [6.45, 7) is 5.71. The van der Waals surface area contributed by atoms with Crippen LogP contribution in [-0.2, 0) is 11.8 Å². The molecular weight excluding hydrogens is 182 g/mol. The minimum absolute atomic E-state index is 0.410. The molecule has 2 aliphatic carbocycles. The smallest absolute Gasteiger partial charge is 0.0497 e. The van der Waals surface area contributed by atoms with E-state index in [1.807, 2.05) is 0 Å². The van der Waals surface area contributed by atoms with Crippen molar-refractivity contribution in [1.29, 1.82) is 0 Å². The molecule has 1 saturated carbocycles. The first-order valence-electron chi connectivity index (χ1n) is 5.79. The van der Waals surface area contributed by atoms with Crippen LogP contribution >= 0.6 is 0 Å². The Hall–Kier alpha value is -1.11. The Balaban J connectivity index is 1.97. The van der Waals surface area contributed by atoms with E-state index in [9.17, 15) is 0 Å². The summed E-state index contributed by atoms with van der Waals surface area (Å²) in [6.07, 6.45) is 1.26. The van der Waals surface area contributed by atoms with Gasteiger partial charge < -0.3 is 0 Å². The quantitative estimate of drug-likeness (QED) is 0.606. The molecule has 0 bridgehead atoms. The number of fused-ring (bicyclic) bond motifs is 2. The molecule has 4 rings (SSSR count). The van der Waals surface area contributed by atoms with E-state index < -0.39 is 0 Å². The molecule has 1 heteroatoms. The highest BCUT2D eigenvalue weighted by Gasteiger charge is 2.79. The van der Waals surface area contributed by atoms with Crippen molar-refractivity contribution in [2.75, 3.05) is 6.54 Å². The highest BCUT2D eigenvalue weighted by Crippen LogP contribution is 2.77. The lowest BCUT2D eigenvalue weighted by Crippen LogP contribution is -2.14. The lowest BCUT2D eigenvalue weighted by Gasteiger charge is -2.12. The van der Waals surface area contributed by atoms with E-state index in [4.69, 9.17) is 0 Å². The molecule has 0 saturated heterocycles. The Kier molecular flexibility index (Phi) is 1.10. The van der Waals surface area contributed by atoms with Gasteiger partial charge in [-0.3, -0.25) is 4.99 Å². The van der Waals surface area contributed by atoms with E-state index in [0.29, 0.717) is 10.8 Å². The predicted octanol–water partition coefficient (Wildman–Crippen LogP) is 2.59. The maximum Gasteiger partial charge on any atom is 0.0497 e. The van der Waals surface area contributed by atoms with Crippen LogP contribution in [0.2, 0.25) is 0 Å². The number of benzene rings is 1. The van der Waals surface area contributed by atoms with Crippen molar-refractivity contribution in [3.05, 3.63) is 35.4 Å². The minimum atomic E-state index is 0.410. The van der Waals surface area contributed by atoms with Crippen LogP contribution < -0.4 is 0 Å². The second kappa shape index (κ2) is 2.04. The number of aliphatic imine (C=N–C) groups is 1. The summed E-state index contributed by atoms with van der Waals surface area (Å²) >= 11 is 0. The fourth-order valence-corrected chi connectivity index (χ4v) is 4.50. The Morgan fingerprint density at radius 2 is 2.13 bits per heavy atom. The Morgan fingerprint density at radius 1 is 1.33 bits per heavy atom. The predicted molar refractivity (Wildman–Crippen MR) is 61.4 cm³/mol. The van der Waals surface area contributed by atoms with Gasteiger partial charge in [-0.05, 0) is 29.9 Å². The van der Waals surface area contributed by atoms with Gasteiger partial charge in [0, 0.05) is 23.6 Å². The van der Waals surface area contributed by atoms with E-state index in [1.54, 1.807) is 11.1 Å². The third kappa shape index (κ3) is 0.614. The largest absolute Gasteiger partial charge is 0.293 e. The van der Waals surface area contributed by atoms with Crippen molar-refractivity contribution in [1.82, 2.24) is 0 Å². The molecule has 1 aliphatic heterocycles. The van der Waals surface area contributed by atoms with E-state index >= 15 is 0 Å². The van der Waals surface area contributed by atoms with Gasteiger partial charge in [-0.25, -0.2) is 0 Å². The third-order valence-corrected chi connectivity index (χ3v) is 5.12. The lowest BCUT2D eigenvalue weighted by atomic mass is 9.92. The van der Waals surface area contributed by atoms with Crippen molar-refractivity contribution in [3.63, 3.8) is 0 Å². The number of hydrogen-bond donors (Lipinski definition) is 0. The number of nitrogens with zero attached hydrogens (tertiary/aromatic N) is 1. The highest BCUT2D eigenvalue weighted by atomic mass is 15.0. The average molecular weight is 197 g/mol. The van der Waals surface area contributed by atoms with Gasteiger partial charge in [0.15, 0.2) is 0 Å². The maximum atomic E-state index is 4.66. The first kappa shape index (κ1) is 8.09. The summed E-state index contributed by atoms with van der Waals surface area (Å²) < 4.78 is 0. The average Bonchev–Trinajstić information content (AvgIpc) is 2.53. The van der Waals surface area contributed by atoms with E-state index in [-0.39, 0.29) is 0 Å². The fraction of sp³-hybridized carbons (Fsp3) is 0.500. The summed E-state index contributed by atoms with van der Waals surface area (Å²) in [4.78, 5) is 4.66. The summed E-state index contributed by atoms with van der Waals surface area (Å²) in [5.74, 6) is 0.750. The Morgan fingerprint density at radius 3 is 3.00 bits per heavy atom. The number of rotatable bonds is 0. The highest BCUT2D eigenvalue weighted by molar-refractivity contribution is 5.95. The van der Waals surface area contributed by atoms with Crippen LogP contribution in [0.25, 0.3) is 0 Å². The molecule has 3 aliphatic rings. The molecule has 1 unspecified atom stereocenters. The van der Waals surface area contributed by atoms with E-state index in [0.717, 1.165) is 12.5 Å². The topological polar surface area (TPSA) is 12.4 Å². The van der Waals surface area contributed by atoms with Crippen LogP contribution in [0.4, 0.5) is 0 Å². The van der Waals surface area contributed by atoms with Gasteiger partial charge >= 0.3 is 0 Å². The zero-order valence-electron chi connectivity index (χ0n) is 9.25.